The molecule has 0 aliphatic rings. The molecule has 0 aliphatic heterocycles. The predicted molar refractivity (Wildman–Crippen MR) is 62.3 cm³/mol. The molecule has 4 nitrogen and oxygen atoms in total. The second-order valence-corrected chi connectivity index (χ2v) is 3.71. The Kier molecular flexibility index (Phi) is 3.77. The molecule has 16 heavy (non-hydrogen) atoms. The van der Waals surface area contributed by atoms with Crippen LogP contribution >= 0.6 is 0 Å². The zero-order valence-corrected chi connectivity index (χ0v) is 10.3. The lowest BCUT2D eigenvalue weighted by atomic mass is 10.1. The Balaban J connectivity index is 3.27. The molecule has 0 saturated carbocycles. The fourth-order valence-electron chi connectivity index (χ4n) is 1.47. The van der Waals surface area contributed by atoms with Gasteiger partial charge in [0.1, 0.15) is 11.5 Å². The molecule has 0 N–H and O–H groups in total. The summed E-state index contributed by atoms with van der Waals surface area (Å²) in [7, 11) is 6.57. The molecule has 4 heteroatoms. The number of hydrogen-bond donors (Lipinski definition) is 0. The molecule has 0 atom stereocenters. The molecule has 88 valence electrons. The first-order chi connectivity index (χ1) is 7.51. The van der Waals surface area contributed by atoms with Crippen molar-refractivity contribution in [2.24, 2.45) is 0 Å². The van der Waals surface area contributed by atoms with Crippen molar-refractivity contribution in [1.82, 2.24) is 4.90 Å². The van der Waals surface area contributed by atoms with Gasteiger partial charge < -0.3 is 14.4 Å². The van der Waals surface area contributed by atoms with Gasteiger partial charge in [-0.25, -0.2) is 0 Å². The summed E-state index contributed by atoms with van der Waals surface area (Å²) in [5, 5.41) is 0. The van der Waals surface area contributed by atoms with Crippen molar-refractivity contribution < 1.29 is 14.3 Å². The summed E-state index contributed by atoms with van der Waals surface area (Å²) < 4.78 is 10.4. The third-order valence-electron chi connectivity index (χ3n) is 2.41. The Bertz CT molecular complexity index is 374. The van der Waals surface area contributed by atoms with E-state index in [2.05, 4.69) is 0 Å². The maximum absolute atomic E-state index is 11.8. The third-order valence-corrected chi connectivity index (χ3v) is 2.41. The number of carbonyl (C=O) groups is 1. The van der Waals surface area contributed by atoms with Gasteiger partial charge in [0.2, 0.25) is 0 Å². The first-order valence-corrected chi connectivity index (χ1v) is 4.95. The van der Waals surface area contributed by atoms with Gasteiger partial charge in [-0.3, -0.25) is 4.79 Å². The summed E-state index contributed by atoms with van der Waals surface area (Å²) in [6.07, 6.45) is 0. The van der Waals surface area contributed by atoms with E-state index in [0.717, 1.165) is 5.56 Å². The van der Waals surface area contributed by atoms with E-state index in [0.29, 0.717) is 17.1 Å². The highest BCUT2D eigenvalue weighted by Gasteiger charge is 2.14. The van der Waals surface area contributed by atoms with Crippen molar-refractivity contribution in [3.8, 4) is 11.5 Å². The van der Waals surface area contributed by atoms with Gasteiger partial charge in [0.05, 0.1) is 14.2 Å². The number of methoxy groups -OCH3 is 2. The molecule has 0 spiro atoms. The highest BCUT2D eigenvalue weighted by Crippen LogP contribution is 2.29. The van der Waals surface area contributed by atoms with E-state index in [1.54, 1.807) is 40.4 Å². The number of benzene rings is 1. The maximum Gasteiger partial charge on any atom is 0.253 e. The first-order valence-electron chi connectivity index (χ1n) is 4.95. The van der Waals surface area contributed by atoms with Crippen LogP contribution in [-0.2, 0) is 0 Å². The molecular weight excluding hydrogens is 206 g/mol. The zero-order chi connectivity index (χ0) is 12.3. The molecule has 0 aromatic heterocycles. The summed E-state index contributed by atoms with van der Waals surface area (Å²) in [6.45, 7) is 1.89. The van der Waals surface area contributed by atoms with Crippen LogP contribution < -0.4 is 9.47 Å². The van der Waals surface area contributed by atoms with E-state index >= 15 is 0 Å². The molecule has 0 bridgehead atoms. The maximum atomic E-state index is 11.8. The summed E-state index contributed by atoms with van der Waals surface area (Å²) in [6, 6.07) is 3.44. The van der Waals surface area contributed by atoms with Crippen molar-refractivity contribution in [2.45, 2.75) is 6.92 Å². The van der Waals surface area contributed by atoms with Crippen LogP contribution in [0.15, 0.2) is 12.1 Å². The zero-order valence-electron chi connectivity index (χ0n) is 10.3. The van der Waals surface area contributed by atoms with Crippen molar-refractivity contribution in [3.05, 3.63) is 23.3 Å². The second-order valence-electron chi connectivity index (χ2n) is 3.71. The minimum absolute atomic E-state index is 0.0726. The lowest BCUT2D eigenvalue weighted by Gasteiger charge is -2.15. The van der Waals surface area contributed by atoms with Crippen LogP contribution in [0.25, 0.3) is 0 Å². The van der Waals surface area contributed by atoms with Crippen LogP contribution in [-0.4, -0.2) is 39.1 Å². The van der Waals surface area contributed by atoms with Gasteiger partial charge in [-0.15, -0.1) is 0 Å². The molecule has 0 fully saturated rings. The van der Waals surface area contributed by atoms with Gasteiger partial charge in [0, 0.05) is 25.2 Å². The van der Waals surface area contributed by atoms with Gasteiger partial charge in [0.15, 0.2) is 0 Å². The fourth-order valence-corrected chi connectivity index (χ4v) is 1.47. The van der Waals surface area contributed by atoms with Gasteiger partial charge >= 0.3 is 0 Å². The van der Waals surface area contributed by atoms with Crippen LogP contribution in [0.4, 0.5) is 0 Å². The van der Waals surface area contributed by atoms with Crippen LogP contribution in [0.5, 0.6) is 11.5 Å². The standard InChI is InChI=1S/C12H17NO3/c1-8-10(15-4)6-9(7-11(8)16-5)12(14)13(2)3/h6-7H,1-5H3. The topological polar surface area (TPSA) is 38.8 Å². The number of carbonyl (C=O) groups excluding carboxylic acids is 1. The Morgan fingerprint density at radius 3 is 1.88 bits per heavy atom. The van der Waals surface area contributed by atoms with E-state index in [1.165, 1.54) is 4.90 Å². The summed E-state index contributed by atoms with van der Waals surface area (Å²) in [5.41, 5.74) is 1.45. The number of rotatable bonds is 3. The highest BCUT2D eigenvalue weighted by molar-refractivity contribution is 5.95. The average Bonchev–Trinajstić information content (AvgIpc) is 2.28. The largest absolute Gasteiger partial charge is 0.496 e. The monoisotopic (exact) mass is 223 g/mol. The number of ether oxygens (including phenoxy) is 2. The smallest absolute Gasteiger partial charge is 0.253 e. The van der Waals surface area contributed by atoms with E-state index in [1.807, 2.05) is 6.92 Å². The van der Waals surface area contributed by atoms with E-state index in [-0.39, 0.29) is 5.91 Å². The van der Waals surface area contributed by atoms with Crippen LogP contribution in [0.2, 0.25) is 0 Å². The van der Waals surface area contributed by atoms with Crippen molar-refractivity contribution in [3.63, 3.8) is 0 Å². The molecule has 0 heterocycles. The molecule has 1 aromatic rings. The number of amides is 1. The van der Waals surface area contributed by atoms with E-state index in [9.17, 15) is 4.79 Å². The Morgan fingerprint density at radius 1 is 1.12 bits per heavy atom. The molecule has 0 unspecified atom stereocenters. The Morgan fingerprint density at radius 2 is 1.56 bits per heavy atom. The number of nitrogens with zero attached hydrogens (tertiary/aromatic N) is 1. The third kappa shape index (κ3) is 2.27. The second kappa shape index (κ2) is 4.88. The Hall–Kier alpha value is -1.71. The van der Waals surface area contributed by atoms with Gasteiger partial charge in [0.25, 0.3) is 5.91 Å². The molecule has 0 saturated heterocycles. The van der Waals surface area contributed by atoms with Crippen LogP contribution in [0.3, 0.4) is 0 Å². The Labute approximate surface area is 95.8 Å². The average molecular weight is 223 g/mol. The first kappa shape index (κ1) is 12.4. The van der Waals surface area contributed by atoms with Gasteiger partial charge in [-0.1, -0.05) is 0 Å². The summed E-state index contributed by atoms with van der Waals surface area (Å²) in [4.78, 5) is 13.3. The number of hydrogen-bond acceptors (Lipinski definition) is 3. The predicted octanol–water partition coefficient (Wildman–Crippen LogP) is 1.71. The van der Waals surface area contributed by atoms with E-state index < -0.39 is 0 Å². The summed E-state index contributed by atoms with van der Waals surface area (Å²) in [5.74, 6) is 1.24. The van der Waals surface area contributed by atoms with Crippen molar-refractivity contribution in [1.29, 1.82) is 0 Å². The van der Waals surface area contributed by atoms with Crippen LogP contribution in [0, 0.1) is 6.92 Å². The van der Waals surface area contributed by atoms with Crippen molar-refractivity contribution >= 4 is 5.91 Å². The summed E-state index contributed by atoms with van der Waals surface area (Å²) >= 11 is 0. The van der Waals surface area contributed by atoms with Gasteiger partial charge in [-0.2, -0.15) is 0 Å². The molecule has 0 aliphatic carbocycles. The lowest BCUT2D eigenvalue weighted by Crippen LogP contribution is -2.21. The minimum Gasteiger partial charge on any atom is -0.496 e. The van der Waals surface area contributed by atoms with Crippen LogP contribution in [0.1, 0.15) is 15.9 Å². The quantitative estimate of drug-likeness (QED) is 0.783. The van der Waals surface area contributed by atoms with Crippen molar-refractivity contribution in [2.75, 3.05) is 28.3 Å². The highest BCUT2D eigenvalue weighted by atomic mass is 16.5. The molecule has 1 aromatic carbocycles. The van der Waals surface area contributed by atoms with Gasteiger partial charge in [-0.05, 0) is 19.1 Å². The van der Waals surface area contributed by atoms with E-state index in [4.69, 9.17) is 9.47 Å². The molecule has 1 amide bonds. The SMILES string of the molecule is COc1cc(C(=O)N(C)C)cc(OC)c1C. The fraction of sp³-hybridized carbons (Fsp3) is 0.417. The lowest BCUT2D eigenvalue weighted by molar-refractivity contribution is 0.0827. The minimum atomic E-state index is -0.0726. The normalized spacial score (nSPS) is 9.81. The molecule has 0 radical (unpaired) electrons. The molecular formula is C12H17NO3. The molecule has 1 rings (SSSR count).